The number of carbonyl (C=O) groups is 1. The number of hydrogen-bond acceptors (Lipinski definition) is 2. The summed E-state index contributed by atoms with van der Waals surface area (Å²) in [7, 11) is 0. The van der Waals surface area contributed by atoms with Crippen LogP contribution in [0.3, 0.4) is 0 Å². The van der Waals surface area contributed by atoms with Crippen LogP contribution in [0.1, 0.15) is 29.3 Å². The Morgan fingerprint density at radius 3 is 2.47 bits per heavy atom. The Labute approximate surface area is 110 Å². The smallest absolute Gasteiger partial charge is 0.351 e. The van der Waals surface area contributed by atoms with Crippen LogP contribution in [0.2, 0.25) is 0 Å². The Balaban J connectivity index is 2.62. The molecular weight excluding hydrogens is 257 g/mol. The van der Waals surface area contributed by atoms with E-state index < -0.39 is 17.6 Å². The van der Waals surface area contributed by atoms with Gasteiger partial charge in [0.15, 0.2) is 0 Å². The molecule has 1 aromatic rings. The normalized spacial score (nSPS) is 11.4. The van der Waals surface area contributed by atoms with Crippen LogP contribution in [-0.4, -0.2) is 25.5 Å². The zero-order valence-electron chi connectivity index (χ0n) is 10.7. The molecule has 6 heteroatoms. The van der Waals surface area contributed by atoms with Gasteiger partial charge in [0.1, 0.15) is 0 Å². The van der Waals surface area contributed by atoms with Gasteiger partial charge in [-0.05, 0) is 25.1 Å². The highest BCUT2D eigenvalue weighted by molar-refractivity contribution is 5.95. The summed E-state index contributed by atoms with van der Waals surface area (Å²) in [6, 6.07) is 4.77. The van der Waals surface area contributed by atoms with E-state index in [0.29, 0.717) is 13.1 Å². The van der Waals surface area contributed by atoms with Gasteiger partial charge in [-0.1, -0.05) is 19.1 Å². The van der Waals surface area contributed by atoms with Crippen LogP contribution in [0.25, 0.3) is 0 Å². The maximum atomic E-state index is 12.7. The molecule has 0 radical (unpaired) electrons. The monoisotopic (exact) mass is 274 g/mol. The van der Waals surface area contributed by atoms with Crippen molar-refractivity contribution in [3.8, 4) is 0 Å². The number of amides is 1. The molecule has 0 atom stereocenters. The summed E-state index contributed by atoms with van der Waals surface area (Å²) in [5.74, 6) is -0.703. The van der Waals surface area contributed by atoms with Crippen molar-refractivity contribution in [1.29, 1.82) is 0 Å². The van der Waals surface area contributed by atoms with E-state index >= 15 is 0 Å². The number of halogens is 3. The minimum Gasteiger partial charge on any atom is -0.351 e. The van der Waals surface area contributed by atoms with Gasteiger partial charge >= 0.3 is 6.18 Å². The molecule has 0 fully saturated rings. The maximum Gasteiger partial charge on any atom is 0.417 e. The van der Waals surface area contributed by atoms with Crippen LogP contribution < -0.4 is 10.6 Å². The Hall–Kier alpha value is -1.56. The van der Waals surface area contributed by atoms with Crippen LogP contribution in [0, 0.1) is 0 Å². The molecule has 0 heterocycles. The number of carbonyl (C=O) groups excluding carboxylic acids is 1. The lowest BCUT2D eigenvalue weighted by Gasteiger charge is -2.12. The van der Waals surface area contributed by atoms with Crippen LogP contribution >= 0.6 is 0 Å². The van der Waals surface area contributed by atoms with Gasteiger partial charge in [0.05, 0.1) is 11.1 Å². The van der Waals surface area contributed by atoms with Crippen LogP contribution in [-0.2, 0) is 6.18 Å². The zero-order chi connectivity index (χ0) is 14.3. The average molecular weight is 274 g/mol. The first-order chi connectivity index (χ1) is 8.96. The van der Waals surface area contributed by atoms with Crippen molar-refractivity contribution in [1.82, 2.24) is 10.6 Å². The lowest BCUT2D eigenvalue weighted by Crippen LogP contribution is -2.33. The van der Waals surface area contributed by atoms with Gasteiger partial charge in [-0.25, -0.2) is 0 Å². The Bertz CT molecular complexity index is 419. The summed E-state index contributed by atoms with van der Waals surface area (Å²) in [6.07, 6.45) is -3.56. The van der Waals surface area contributed by atoms with Crippen LogP contribution in [0.5, 0.6) is 0 Å². The molecule has 0 aliphatic heterocycles. The summed E-state index contributed by atoms with van der Waals surface area (Å²) >= 11 is 0. The average Bonchev–Trinajstić information content (AvgIpc) is 2.37. The van der Waals surface area contributed by atoms with E-state index in [-0.39, 0.29) is 5.56 Å². The predicted molar refractivity (Wildman–Crippen MR) is 66.9 cm³/mol. The highest BCUT2D eigenvalue weighted by Gasteiger charge is 2.34. The number of alkyl halides is 3. The molecule has 0 aliphatic rings. The highest BCUT2D eigenvalue weighted by Crippen LogP contribution is 2.31. The van der Waals surface area contributed by atoms with Crippen molar-refractivity contribution in [3.05, 3.63) is 35.4 Å². The predicted octanol–water partition coefficient (Wildman–Crippen LogP) is 2.43. The fourth-order valence-corrected chi connectivity index (χ4v) is 1.59. The first-order valence-electron chi connectivity index (χ1n) is 6.12. The van der Waals surface area contributed by atoms with Crippen molar-refractivity contribution in [3.63, 3.8) is 0 Å². The highest BCUT2D eigenvalue weighted by atomic mass is 19.4. The number of hydrogen-bond donors (Lipinski definition) is 2. The quantitative estimate of drug-likeness (QED) is 0.782. The Morgan fingerprint density at radius 1 is 1.16 bits per heavy atom. The third-order valence-corrected chi connectivity index (χ3v) is 2.49. The second-order valence-electron chi connectivity index (χ2n) is 4.05. The molecule has 19 heavy (non-hydrogen) atoms. The SMILES string of the molecule is CCCNCCNC(=O)c1ccccc1C(F)(F)F. The summed E-state index contributed by atoms with van der Waals surface area (Å²) < 4.78 is 38.1. The van der Waals surface area contributed by atoms with Crippen molar-refractivity contribution >= 4 is 5.91 Å². The number of benzene rings is 1. The molecule has 1 aromatic carbocycles. The molecule has 1 rings (SSSR count). The first-order valence-corrected chi connectivity index (χ1v) is 6.12. The third kappa shape index (κ3) is 4.90. The summed E-state index contributed by atoms with van der Waals surface area (Å²) in [5, 5.41) is 5.52. The number of nitrogens with one attached hydrogen (secondary N) is 2. The second kappa shape index (κ2) is 7.13. The fraction of sp³-hybridized carbons (Fsp3) is 0.462. The standard InChI is InChI=1S/C13H17F3N2O/c1-2-7-17-8-9-18-12(19)10-5-3-4-6-11(10)13(14,15)16/h3-6,17H,2,7-9H2,1H3,(H,18,19). The van der Waals surface area contributed by atoms with Gasteiger partial charge in [-0.2, -0.15) is 13.2 Å². The van der Waals surface area contributed by atoms with E-state index in [1.807, 2.05) is 6.92 Å². The van der Waals surface area contributed by atoms with Crippen molar-refractivity contribution < 1.29 is 18.0 Å². The van der Waals surface area contributed by atoms with Gasteiger partial charge in [0, 0.05) is 13.1 Å². The molecule has 0 aliphatic carbocycles. The van der Waals surface area contributed by atoms with Gasteiger partial charge in [0.25, 0.3) is 5.91 Å². The molecule has 0 saturated heterocycles. The minimum atomic E-state index is -4.52. The number of rotatable bonds is 6. The first kappa shape index (κ1) is 15.5. The molecule has 0 bridgehead atoms. The zero-order valence-corrected chi connectivity index (χ0v) is 10.7. The van der Waals surface area contributed by atoms with Gasteiger partial charge in [-0.3, -0.25) is 4.79 Å². The summed E-state index contributed by atoms with van der Waals surface area (Å²) in [4.78, 5) is 11.7. The Morgan fingerprint density at radius 2 is 1.84 bits per heavy atom. The fourth-order valence-electron chi connectivity index (χ4n) is 1.59. The molecule has 2 N–H and O–H groups in total. The lowest BCUT2D eigenvalue weighted by molar-refractivity contribution is -0.137. The van der Waals surface area contributed by atoms with Crippen LogP contribution in [0.4, 0.5) is 13.2 Å². The van der Waals surface area contributed by atoms with Gasteiger partial charge < -0.3 is 10.6 Å². The molecular formula is C13H17F3N2O. The second-order valence-corrected chi connectivity index (χ2v) is 4.05. The third-order valence-electron chi connectivity index (χ3n) is 2.49. The summed E-state index contributed by atoms with van der Waals surface area (Å²) in [6.45, 7) is 3.65. The molecule has 0 unspecified atom stereocenters. The van der Waals surface area contributed by atoms with E-state index in [1.54, 1.807) is 0 Å². The van der Waals surface area contributed by atoms with E-state index in [4.69, 9.17) is 0 Å². The molecule has 0 aromatic heterocycles. The molecule has 0 saturated carbocycles. The van der Waals surface area contributed by atoms with E-state index in [9.17, 15) is 18.0 Å². The maximum absolute atomic E-state index is 12.7. The van der Waals surface area contributed by atoms with Crippen molar-refractivity contribution in [2.45, 2.75) is 19.5 Å². The van der Waals surface area contributed by atoms with Gasteiger partial charge in [0.2, 0.25) is 0 Å². The minimum absolute atomic E-state index is 0.297. The molecule has 1 amide bonds. The van der Waals surface area contributed by atoms with E-state index in [0.717, 1.165) is 19.0 Å². The largest absolute Gasteiger partial charge is 0.417 e. The Kier molecular flexibility index (Phi) is 5.82. The lowest BCUT2D eigenvalue weighted by atomic mass is 10.1. The topological polar surface area (TPSA) is 41.1 Å². The van der Waals surface area contributed by atoms with Crippen molar-refractivity contribution in [2.75, 3.05) is 19.6 Å². The summed E-state index contributed by atoms with van der Waals surface area (Å²) in [5.41, 5.74) is -1.25. The molecule has 3 nitrogen and oxygen atoms in total. The van der Waals surface area contributed by atoms with Gasteiger partial charge in [-0.15, -0.1) is 0 Å². The van der Waals surface area contributed by atoms with Crippen molar-refractivity contribution in [2.24, 2.45) is 0 Å². The van der Waals surface area contributed by atoms with E-state index in [1.165, 1.54) is 18.2 Å². The van der Waals surface area contributed by atoms with E-state index in [2.05, 4.69) is 10.6 Å². The molecule has 0 spiro atoms. The molecule has 106 valence electrons. The van der Waals surface area contributed by atoms with Crippen LogP contribution in [0.15, 0.2) is 24.3 Å².